The molecule has 3 rings (SSSR count). The van der Waals surface area contributed by atoms with Gasteiger partial charge in [0.2, 0.25) is 5.95 Å². The van der Waals surface area contributed by atoms with Gasteiger partial charge in [0, 0.05) is 50.5 Å². The second-order valence-corrected chi connectivity index (χ2v) is 4.76. The largest absolute Gasteiger partial charge is 0.381 e. The molecule has 2 N–H and O–H groups in total. The number of nitrogens with two attached hydrogens (primary N) is 1. The molecule has 0 spiro atoms. The summed E-state index contributed by atoms with van der Waals surface area (Å²) in [5.41, 5.74) is 7.97. The molecular formula is C12H18N4O. The van der Waals surface area contributed by atoms with Crippen molar-refractivity contribution < 1.29 is 4.74 Å². The van der Waals surface area contributed by atoms with Crippen LogP contribution in [-0.2, 0) is 17.7 Å². The molecule has 2 aliphatic rings. The van der Waals surface area contributed by atoms with Crippen LogP contribution in [0.3, 0.4) is 0 Å². The fourth-order valence-corrected chi connectivity index (χ4v) is 2.72. The maximum absolute atomic E-state index is 5.61. The number of fused-ring (bicyclic) bond motifs is 1. The standard InChI is InChI=1S/C12H18N4O/c13-12-14-7-9-8-16(4-1-11(9)15-12)10-2-5-17-6-3-10/h7,10H,1-6,8H2,(H2,13,14,15). The fourth-order valence-electron chi connectivity index (χ4n) is 2.72. The van der Waals surface area contributed by atoms with E-state index < -0.39 is 0 Å². The number of nitrogen functional groups attached to an aromatic ring is 1. The number of anilines is 1. The third-order valence-electron chi connectivity index (χ3n) is 3.69. The number of nitrogens with zero attached hydrogens (tertiary/aromatic N) is 3. The molecule has 1 saturated heterocycles. The summed E-state index contributed by atoms with van der Waals surface area (Å²) in [5.74, 6) is 0.392. The molecule has 2 aliphatic heterocycles. The van der Waals surface area contributed by atoms with Gasteiger partial charge in [-0.05, 0) is 12.8 Å². The molecular weight excluding hydrogens is 216 g/mol. The van der Waals surface area contributed by atoms with Crippen LogP contribution in [0.2, 0.25) is 0 Å². The molecule has 1 aromatic rings. The van der Waals surface area contributed by atoms with E-state index in [1.807, 2.05) is 6.20 Å². The van der Waals surface area contributed by atoms with Crippen LogP contribution in [0.1, 0.15) is 24.1 Å². The maximum Gasteiger partial charge on any atom is 0.220 e. The Morgan fingerprint density at radius 3 is 3.00 bits per heavy atom. The van der Waals surface area contributed by atoms with Gasteiger partial charge in [-0.3, -0.25) is 4.90 Å². The van der Waals surface area contributed by atoms with Crippen LogP contribution in [-0.4, -0.2) is 40.7 Å². The minimum atomic E-state index is 0.392. The Bertz CT molecular complexity index is 403. The smallest absolute Gasteiger partial charge is 0.220 e. The van der Waals surface area contributed by atoms with E-state index in [1.54, 1.807) is 0 Å². The lowest BCUT2D eigenvalue weighted by Gasteiger charge is -2.37. The van der Waals surface area contributed by atoms with E-state index in [0.717, 1.165) is 51.3 Å². The van der Waals surface area contributed by atoms with Gasteiger partial charge in [0.25, 0.3) is 0 Å². The zero-order valence-electron chi connectivity index (χ0n) is 9.93. The molecule has 0 atom stereocenters. The molecule has 5 heteroatoms. The summed E-state index contributed by atoms with van der Waals surface area (Å²) in [4.78, 5) is 10.9. The van der Waals surface area contributed by atoms with Crippen molar-refractivity contribution in [2.75, 3.05) is 25.5 Å². The fraction of sp³-hybridized carbons (Fsp3) is 0.667. The lowest BCUT2D eigenvalue weighted by atomic mass is 10.0. The molecule has 1 fully saturated rings. The van der Waals surface area contributed by atoms with E-state index >= 15 is 0 Å². The maximum atomic E-state index is 5.61. The van der Waals surface area contributed by atoms with Crippen molar-refractivity contribution in [3.05, 3.63) is 17.5 Å². The Hall–Kier alpha value is -1.20. The second-order valence-electron chi connectivity index (χ2n) is 4.76. The normalized spacial score (nSPS) is 22.4. The first-order chi connectivity index (χ1) is 8.33. The topological polar surface area (TPSA) is 64.3 Å². The van der Waals surface area contributed by atoms with Gasteiger partial charge in [-0.15, -0.1) is 0 Å². The predicted octanol–water partition coefficient (Wildman–Crippen LogP) is 0.596. The molecule has 5 nitrogen and oxygen atoms in total. The third kappa shape index (κ3) is 2.25. The van der Waals surface area contributed by atoms with Crippen molar-refractivity contribution in [3.63, 3.8) is 0 Å². The molecule has 3 heterocycles. The van der Waals surface area contributed by atoms with Crippen LogP contribution >= 0.6 is 0 Å². The SMILES string of the molecule is Nc1ncc2c(n1)CCN(C1CCOCC1)C2. The molecule has 0 saturated carbocycles. The van der Waals surface area contributed by atoms with E-state index in [2.05, 4.69) is 14.9 Å². The zero-order chi connectivity index (χ0) is 11.7. The van der Waals surface area contributed by atoms with Crippen molar-refractivity contribution in [2.24, 2.45) is 0 Å². The molecule has 0 unspecified atom stereocenters. The summed E-state index contributed by atoms with van der Waals surface area (Å²) in [6.07, 6.45) is 5.15. The first-order valence-electron chi connectivity index (χ1n) is 6.25. The third-order valence-corrected chi connectivity index (χ3v) is 3.69. The first kappa shape index (κ1) is 10.9. The number of hydrogen-bond acceptors (Lipinski definition) is 5. The van der Waals surface area contributed by atoms with Gasteiger partial charge < -0.3 is 10.5 Å². The summed E-state index contributed by atoms with van der Waals surface area (Å²) in [6, 6.07) is 0.662. The van der Waals surface area contributed by atoms with Crippen LogP contribution in [0.4, 0.5) is 5.95 Å². The van der Waals surface area contributed by atoms with Crippen LogP contribution < -0.4 is 5.73 Å². The van der Waals surface area contributed by atoms with Crippen LogP contribution in [0.25, 0.3) is 0 Å². The van der Waals surface area contributed by atoms with Crippen molar-refractivity contribution in [1.82, 2.24) is 14.9 Å². The number of hydrogen-bond donors (Lipinski definition) is 1. The molecule has 17 heavy (non-hydrogen) atoms. The highest BCUT2D eigenvalue weighted by Crippen LogP contribution is 2.23. The van der Waals surface area contributed by atoms with Crippen molar-refractivity contribution in [3.8, 4) is 0 Å². The Morgan fingerprint density at radius 1 is 1.35 bits per heavy atom. The Balaban J connectivity index is 1.73. The first-order valence-corrected chi connectivity index (χ1v) is 6.25. The summed E-state index contributed by atoms with van der Waals surface area (Å²) >= 11 is 0. The van der Waals surface area contributed by atoms with Gasteiger partial charge in [0.1, 0.15) is 0 Å². The summed E-state index contributed by atoms with van der Waals surface area (Å²) in [5, 5.41) is 0. The zero-order valence-corrected chi connectivity index (χ0v) is 9.93. The van der Waals surface area contributed by atoms with Gasteiger partial charge in [-0.25, -0.2) is 9.97 Å². The van der Waals surface area contributed by atoms with E-state index in [1.165, 1.54) is 5.56 Å². The Morgan fingerprint density at radius 2 is 2.18 bits per heavy atom. The molecule has 92 valence electrons. The van der Waals surface area contributed by atoms with Crippen LogP contribution in [0.5, 0.6) is 0 Å². The van der Waals surface area contributed by atoms with Crippen molar-refractivity contribution in [2.45, 2.75) is 31.8 Å². The number of aromatic nitrogens is 2. The molecule has 0 aromatic carbocycles. The molecule has 1 aromatic heterocycles. The average Bonchev–Trinajstić information content (AvgIpc) is 2.39. The monoisotopic (exact) mass is 234 g/mol. The second kappa shape index (κ2) is 4.58. The number of rotatable bonds is 1. The highest BCUT2D eigenvalue weighted by atomic mass is 16.5. The summed E-state index contributed by atoms with van der Waals surface area (Å²) in [6.45, 7) is 3.83. The summed E-state index contributed by atoms with van der Waals surface area (Å²) in [7, 11) is 0. The van der Waals surface area contributed by atoms with E-state index in [9.17, 15) is 0 Å². The van der Waals surface area contributed by atoms with Gasteiger partial charge in [-0.2, -0.15) is 0 Å². The van der Waals surface area contributed by atoms with E-state index in [-0.39, 0.29) is 0 Å². The van der Waals surface area contributed by atoms with Crippen LogP contribution in [0, 0.1) is 0 Å². The highest BCUT2D eigenvalue weighted by molar-refractivity contribution is 5.27. The Labute approximate surface area is 101 Å². The Kier molecular flexibility index (Phi) is 2.94. The lowest BCUT2D eigenvalue weighted by molar-refractivity contribution is 0.0287. The van der Waals surface area contributed by atoms with Gasteiger partial charge in [-0.1, -0.05) is 0 Å². The minimum absolute atomic E-state index is 0.392. The van der Waals surface area contributed by atoms with Crippen molar-refractivity contribution >= 4 is 5.95 Å². The predicted molar refractivity (Wildman–Crippen MR) is 64.4 cm³/mol. The molecule has 0 amide bonds. The number of ether oxygens (including phenoxy) is 1. The summed E-state index contributed by atoms with van der Waals surface area (Å²) < 4.78 is 5.41. The van der Waals surface area contributed by atoms with Gasteiger partial charge in [0.05, 0.1) is 5.69 Å². The molecule has 0 radical (unpaired) electrons. The minimum Gasteiger partial charge on any atom is -0.381 e. The van der Waals surface area contributed by atoms with E-state index in [4.69, 9.17) is 10.5 Å². The molecule has 0 aliphatic carbocycles. The molecule has 0 bridgehead atoms. The average molecular weight is 234 g/mol. The highest BCUT2D eigenvalue weighted by Gasteiger charge is 2.25. The van der Waals surface area contributed by atoms with E-state index in [0.29, 0.717) is 12.0 Å². The van der Waals surface area contributed by atoms with Gasteiger partial charge >= 0.3 is 0 Å². The van der Waals surface area contributed by atoms with Gasteiger partial charge in [0.15, 0.2) is 0 Å². The lowest BCUT2D eigenvalue weighted by Crippen LogP contribution is -2.42. The van der Waals surface area contributed by atoms with Crippen LogP contribution in [0.15, 0.2) is 6.20 Å². The quantitative estimate of drug-likeness (QED) is 0.770. The van der Waals surface area contributed by atoms with Crippen molar-refractivity contribution in [1.29, 1.82) is 0 Å².